The molecule has 4 aromatic rings. The lowest BCUT2D eigenvalue weighted by Crippen LogP contribution is -2.16. The van der Waals surface area contributed by atoms with Crippen LogP contribution in [0.1, 0.15) is 0 Å². The van der Waals surface area contributed by atoms with Gasteiger partial charge in [-0.05, 0) is 35.4 Å². The van der Waals surface area contributed by atoms with E-state index in [0.717, 1.165) is 22.4 Å². The molecule has 1 heterocycles. The molecule has 30 heavy (non-hydrogen) atoms. The van der Waals surface area contributed by atoms with Crippen LogP contribution in [0.5, 0.6) is 5.75 Å². The van der Waals surface area contributed by atoms with Crippen LogP contribution in [0.25, 0.3) is 22.4 Å². The minimum absolute atomic E-state index is 0.282. The average molecular weight is 407 g/mol. The zero-order chi connectivity index (χ0) is 21.0. The summed E-state index contributed by atoms with van der Waals surface area (Å²) in [4.78, 5) is 8.49. The molecule has 0 aliphatic heterocycles. The fourth-order valence-corrected chi connectivity index (χ4v) is 2.94. The van der Waals surface area contributed by atoms with E-state index in [2.05, 4.69) is 20.0 Å². The third kappa shape index (κ3) is 4.94. The monoisotopic (exact) mass is 407 g/mol. The van der Waals surface area contributed by atoms with E-state index in [1.165, 1.54) is 30.6 Å². The first-order valence-electron chi connectivity index (χ1n) is 9.07. The van der Waals surface area contributed by atoms with Crippen LogP contribution >= 0.6 is 0 Å². The van der Waals surface area contributed by atoms with E-state index in [1.54, 1.807) is 6.07 Å². The molecular weight excluding hydrogens is 391 g/mol. The Bertz CT molecular complexity index is 1110. The molecule has 0 atom stereocenters. The Kier molecular flexibility index (Phi) is 5.34. The molecule has 0 aliphatic carbocycles. The maximum Gasteiger partial charge on any atom is 0.573 e. The smallest absolute Gasteiger partial charge is 0.406 e. The van der Waals surface area contributed by atoms with Crippen molar-refractivity contribution < 1.29 is 17.9 Å². The SMILES string of the molecule is FC(F)(F)Oc1ccc(Nc2cc(-c3ccc(-c4ccccc4)cc3)ncn2)cc1. The highest BCUT2D eigenvalue weighted by Gasteiger charge is 2.30. The number of anilines is 2. The second-order valence-electron chi connectivity index (χ2n) is 6.43. The van der Waals surface area contributed by atoms with Crippen LogP contribution in [0.2, 0.25) is 0 Å². The molecule has 0 spiro atoms. The van der Waals surface area contributed by atoms with E-state index in [4.69, 9.17) is 0 Å². The van der Waals surface area contributed by atoms with Gasteiger partial charge < -0.3 is 10.1 Å². The molecular formula is C23H16F3N3O. The molecule has 0 fully saturated rings. The fraction of sp³-hybridized carbons (Fsp3) is 0.0435. The predicted octanol–water partition coefficient (Wildman–Crippen LogP) is 6.45. The van der Waals surface area contributed by atoms with Crippen LogP contribution in [0.15, 0.2) is 91.3 Å². The van der Waals surface area contributed by atoms with Crippen molar-refractivity contribution in [3.8, 4) is 28.1 Å². The molecule has 4 rings (SSSR count). The number of hydrogen-bond donors (Lipinski definition) is 1. The Balaban J connectivity index is 1.49. The lowest BCUT2D eigenvalue weighted by Gasteiger charge is -2.10. The number of ether oxygens (including phenoxy) is 1. The number of aromatic nitrogens is 2. The van der Waals surface area contributed by atoms with Gasteiger partial charge in [0.2, 0.25) is 0 Å². The van der Waals surface area contributed by atoms with Gasteiger partial charge in [-0.1, -0.05) is 54.6 Å². The summed E-state index contributed by atoms with van der Waals surface area (Å²) < 4.78 is 40.7. The van der Waals surface area contributed by atoms with Crippen molar-refractivity contribution in [1.29, 1.82) is 0 Å². The molecule has 0 amide bonds. The largest absolute Gasteiger partial charge is 0.573 e. The Labute approximate surface area is 171 Å². The minimum Gasteiger partial charge on any atom is -0.406 e. The van der Waals surface area contributed by atoms with Crippen molar-refractivity contribution in [3.63, 3.8) is 0 Å². The lowest BCUT2D eigenvalue weighted by molar-refractivity contribution is -0.274. The molecule has 0 aliphatic rings. The van der Waals surface area contributed by atoms with Gasteiger partial charge in [-0.3, -0.25) is 0 Å². The quantitative estimate of drug-likeness (QED) is 0.413. The van der Waals surface area contributed by atoms with Crippen molar-refractivity contribution in [1.82, 2.24) is 9.97 Å². The Hall–Kier alpha value is -3.87. The third-order valence-corrected chi connectivity index (χ3v) is 4.32. The van der Waals surface area contributed by atoms with E-state index >= 15 is 0 Å². The summed E-state index contributed by atoms with van der Waals surface area (Å²) in [6, 6.07) is 25.3. The second kappa shape index (κ2) is 8.24. The van der Waals surface area contributed by atoms with Gasteiger partial charge >= 0.3 is 6.36 Å². The van der Waals surface area contributed by atoms with E-state index in [9.17, 15) is 13.2 Å². The van der Waals surface area contributed by atoms with Crippen LogP contribution in [0.4, 0.5) is 24.7 Å². The highest BCUT2D eigenvalue weighted by molar-refractivity contribution is 5.70. The number of alkyl halides is 3. The summed E-state index contributed by atoms with van der Waals surface area (Å²) >= 11 is 0. The first-order valence-corrected chi connectivity index (χ1v) is 9.07. The van der Waals surface area contributed by atoms with Gasteiger partial charge in [0.15, 0.2) is 0 Å². The maximum atomic E-state index is 12.3. The lowest BCUT2D eigenvalue weighted by atomic mass is 10.0. The number of rotatable bonds is 5. The molecule has 0 radical (unpaired) electrons. The molecule has 1 N–H and O–H groups in total. The fourth-order valence-electron chi connectivity index (χ4n) is 2.94. The van der Waals surface area contributed by atoms with Crippen LogP contribution < -0.4 is 10.1 Å². The zero-order valence-corrected chi connectivity index (χ0v) is 15.6. The summed E-state index contributed by atoms with van der Waals surface area (Å²) in [6.45, 7) is 0. The van der Waals surface area contributed by atoms with Gasteiger partial charge in [-0.25, -0.2) is 9.97 Å². The van der Waals surface area contributed by atoms with Gasteiger partial charge in [-0.15, -0.1) is 13.2 Å². The van der Waals surface area contributed by atoms with E-state index < -0.39 is 6.36 Å². The molecule has 150 valence electrons. The van der Waals surface area contributed by atoms with Crippen LogP contribution in [-0.4, -0.2) is 16.3 Å². The number of nitrogens with zero attached hydrogens (tertiary/aromatic N) is 2. The maximum absolute atomic E-state index is 12.3. The summed E-state index contributed by atoms with van der Waals surface area (Å²) in [5.74, 6) is 0.242. The van der Waals surface area contributed by atoms with Gasteiger partial charge in [0.1, 0.15) is 17.9 Å². The van der Waals surface area contributed by atoms with Crippen LogP contribution in [0.3, 0.4) is 0 Å². The summed E-state index contributed by atoms with van der Waals surface area (Å²) in [5, 5.41) is 3.05. The molecule has 3 aromatic carbocycles. The van der Waals surface area contributed by atoms with Crippen LogP contribution in [-0.2, 0) is 0 Å². The van der Waals surface area contributed by atoms with Gasteiger partial charge in [-0.2, -0.15) is 0 Å². The normalized spacial score (nSPS) is 11.2. The van der Waals surface area contributed by atoms with E-state index in [1.807, 2.05) is 54.6 Å². The van der Waals surface area contributed by atoms with Crippen LogP contribution in [0, 0.1) is 0 Å². The van der Waals surface area contributed by atoms with Crippen molar-refractivity contribution in [2.75, 3.05) is 5.32 Å². The van der Waals surface area contributed by atoms with Crippen molar-refractivity contribution >= 4 is 11.5 Å². The molecule has 0 bridgehead atoms. The standard InChI is InChI=1S/C23H16F3N3O/c24-23(25,26)30-20-12-10-19(11-13-20)29-22-14-21(27-15-28-22)18-8-6-17(7-9-18)16-4-2-1-3-5-16/h1-15H,(H,27,28,29). The number of benzene rings is 3. The summed E-state index contributed by atoms with van der Waals surface area (Å²) in [7, 11) is 0. The van der Waals surface area contributed by atoms with Gasteiger partial charge in [0.25, 0.3) is 0 Å². The molecule has 0 unspecified atom stereocenters. The first-order chi connectivity index (χ1) is 14.5. The van der Waals surface area contributed by atoms with E-state index in [0.29, 0.717) is 11.5 Å². The highest BCUT2D eigenvalue weighted by Crippen LogP contribution is 2.27. The molecule has 0 saturated carbocycles. The Morgan fingerprint density at radius 1 is 0.700 bits per heavy atom. The average Bonchev–Trinajstić information content (AvgIpc) is 2.75. The predicted molar refractivity (Wildman–Crippen MR) is 109 cm³/mol. The highest BCUT2D eigenvalue weighted by atomic mass is 19.4. The summed E-state index contributed by atoms with van der Waals surface area (Å²) in [6.07, 6.45) is -3.28. The molecule has 0 saturated heterocycles. The molecule has 4 nitrogen and oxygen atoms in total. The van der Waals surface area contributed by atoms with E-state index in [-0.39, 0.29) is 5.75 Å². The van der Waals surface area contributed by atoms with Gasteiger partial charge in [0, 0.05) is 17.3 Å². The number of hydrogen-bond acceptors (Lipinski definition) is 4. The zero-order valence-electron chi connectivity index (χ0n) is 15.6. The first kappa shape index (κ1) is 19.4. The number of halogens is 3. The second-order valence-corrected chi connectivity index (χ2v) is 6.43. The summed E-state index contributed by atoms with van der Waals surface area (Å²) in [5.41, 5.74) is 4.46. The minimum atomic E-state index is -4.72. The van der Waals surface area contributed by atoms with Crippen molar-refractivity contribution in [2.45, 2.75) is 6.36 Å². The van der Waals surface area contributed by atoms with Crippen molar-refractivity contribution in [2.24, 2.45) is 0 Å². The topological polar surface area (TPSA) is 47.0 Å². The third-order valence-electron chi connectivity index (χ3n) is 4.32. The van der Waals surface area contributed by atoms with Crippen molar-refractivity contribution in [3.05, 3.63) is 91.3 Å². The number of nitrogens with one attached hydrogen (secondary N) is 1. The Morgan fingerprint density at radius 3 is 2.00 bits per heavy atom. The molecule has 7 heteroatoms. The molecule has 1 aromatic heterocycles. The van der Waals surface area contributed by atoms with Gasteiger partial charge in [0.05, 0.1) is 5.69 Å². The Morgan fingerprint density at radius 2 is 1.33 bits per heavy atom.